The van der Waals surface area contributed by atoms with Gasteiger partial charge in [-0.05, 0) is 20.3 Å². The van der Waals surface area contributed by atoms with Gasteiger partial charge in [0.2, 0.25) is 5.91 Å². The molecule has 17 heavy (non-hydrogen) atoms. The molecule has 0 fully saturated rings. The van der Waals surface area contributed by atoms with Crippen LogP contribution in [0.1, 0.15) is 43.4 Å². The molecule has 0 saturated carbocycles. The van der Waals surface area contributed by atoms with E-state index in [2.05, 4.69) is 17.2 Å². The first-order valence-electron chi connectivity index (χ1n) is 6.01. The quantitative estimate of drug-likeness (QED) is 0.817. The van der Waals surface area contributed by atoms with Gasteiger partial charge < -0.3 is 11.1 Å². The molecular formula is C12H21N3OS. The summed E-state index contributed by atoms with van der Waals surface area (Å²) in [6, 6.07) is -0.0351. The summed E-state index contributed by atoms with van der Waals surface area (Å²) < 4.78 is 0. The molecule has 2 unspecified atom stereocenters. The lowest BCUT2D eigenvalue weighted by atomic mass is 10.0. The molecule has 4 nitrogen and oxygen atoms in total. The van der Waals surface area contributed by atoms with Gasteiger partial charge in [0.05, 0.1) is 12.0 Å². The van der Waals surface area contributed by atoms with E-state index >= 15 is 0 Å². The lowest BCUT2D eigenvalue weighted by Gasteiger charge is -2.17. The van der Waals surface area contributed by atoms with Crippen molar-refractivity contribution < 1.29 is 4.79 Å². The minimum Gasteiger partial charge on any atom is -0.347 e. The Hall–Kier alpha value is -0.940. The van der Waals surface area contributed by atoms with Gasteiger partial charge in [0.25, 0.3) is 0 Å². The smallest absolute Gasteiger partial charge is 0.224 e. The van der Waals surface area contributed by atoms with Gasteiger partial charge in [-0.3, -0.25) is 4.79 Å². The maximum atomic E-state index is 11.9. The number of aromatic nitrogens is 1. The van der Waals surface area contributed by atoms with Crippen LogP contribution >= 0.6 is 11.3 Å². The number of rotatable bonds is 6. The Morgan fingerprint density at radius 1 is 1.65 bits per heavy atom. The molecule has 96 valence electrons. The summed E-state index contributed by atoms with van der Waals surface area (Å²) in [6.07, 6.45) is 1.81. The average Bonchev–Trinajstić information content (AvgIpc) is 2.72. The standard InChI is InChI=1S/C12H21N3OS/c1-4-5-10(6-13)11(16)15-9(3)12-14-8(2)7-17-12/h7,9-10H,4-6,13H2,1-3H3,(H,15,16). The van der Waals surface area contributed by atoms with Crippen LogP contribution < -0.4 is 11.1 Å². The Bertz CT molecular complexity index is 364. The minimum atomic E-state index is -0.0801. The highest BCUT2D eigenvalue weighted by Gasteiger charge is 2.19. The number of thiazole rings is 1. The van der Waals surface area contributed by atoms with Gasteiger partial charge in [0.1, 0.15) is 5.01 Å². The van der Waals surface area contributed by atoms with Gasteiger partial charge in [0.15, 0.2) is 0 Å². The third-order valence-corrected chi connectivity index (χ3v) is 3.80. The van der Waals surface area contributed by atoms with Crippen LogP contribution in [0.25, 0.3) is 0 Å². The number of nitrogens with zero attached hydrogens (tertiary/aromatic N) is 1. The molecule has 5 heteroatoms. The first kappa shape index (κ1) is 14.1. The van der Waals surface area contributed by atoms with E-state index in [0.717, 1.165) is 23.5 Å². The predicted octanol–water partition coefficient (Wildman–Crippen LogP) is 2.00. The molecule has 0 aliphatic carbocycles. The monoisotopic (exact) mass is 255 g/mol. The van der Waals surface area contributed by atoms with Crippen LogP contribution in [0.3, 0.4) is 0 Å². The number of hydrogen-bond donors (Lipinski definition) is 2. The molecule has 1 rings (SSSR count). The molecule has 1 aromatic heterocycles. The summed E-state index contributed by atoms with van der Waals surface area (Å²) in [6.45, 7) is 6.37. The van der Waals surface area contributed by atoms with Crippen molar-refractivity contribution in [1.29, 1.82) is 0 Å². The van der Waals surface area contributed by atoms with Gasteiger partial charge in [-0.15, -0.1) is 11.3 Å². The van der Waals surface area contributed by atoms with Crippen molar-refractivity contribution in [3.05, 3.63) is 16.1 Å². The molecule has 0 aliphatic rings. The van der Waals surface area contributed by atoms with Crippen LogP contribution in [0.4, 0.5) is 0 Å². The van der Waals surface area contributed by atoms with Crippen molar-refractivity contribution in [3.8, 4) is 0 Å². The van der Waals surface area contributed by atoms with Crippen LogP contribution in [0.2, 0.25) is 0 Å². The molecule has 0 aromatic carbocycles. The van der Waals surface area contributed by atoms with Gasteiger partial charge in [-0.25, -0.2) is 4.98 Å². The molecule has 0 radical (unpaired) electrons. The maximum absolute atomic E-state index is 11.9. The number of nitrogens with two attached hydrogens (primary N) is 1. The van der Waals surface area contributed by atoms with E-state index in [1.54, 1.807) is 11.3 Å². The zero-order valence-corrected chi connectivity index (χ0v) is 11.5. The van der Waals surface area contributed by atoms with Crippen LogP contribution in [-0.4, -0.2) is 17.4 Å². The molecule has 2 atom stereocenters. The number of aryl methyl sites for hydroxylation is 1. The Kier molecular flexibility index (Phi) is 5.58. The van der Waals surface area contributed by atoms with Crippen molar-refractivity contribution in [2.45, 2.75) is 39.7 Å². The SMILES string of the molecule is CCCC(CN)C(=O)NC(C)c1nc(C)cs1. The Labute approximate surface area is 107 Å². The highest BCUT2D eigenvalue weighted by Crippen LogP contribution is 2.18. The zero-order chi connectivity index (χ0) is 12.8. The van der Waals surface area contributed by atoms with Crippen molar-refractivity contribution in [2.75, 3.05) is 6.54 Å². The molecule has 1 heterocycles. The second-order valence-electron chi connectivity index (χ2n) is 4.28. The van der Waals surface area contributed by atoms with Gasteiger partial charge in [0, 0.05) is 17.6 Å². The van der Waals surface area contributed by atoms with E-state index in [-0.39, 0.29) is 17.9 Å². The first-order chi connectivity index (χ1) is 8.08. The fourth-order valence-electron chi connectivity index (χ4n) is 1.67. The Balaban J connectivity index is 2.55. The van der Waals surface area contributed by atoms with Crippen LogP contribution in [0, 0.1) is 12.8 Å². The predicted molar refractivity (Wildman–Crippen MR) is 70.9 cm³/mol. The van der Waals surface area contributed by atoms with E-state index in [9.17, 15) is 4.79 Å². The van der Waals surface area contributed by atoms with E-state index in [1.807, 2.05) is 19.2 Å². The van der Waals surface area contributed by atoms with Crippen molar-refractivity contribution >= 4 is 17.2 Å². The average molecular weight is 255 g/mol. The van der Waals surface area contributed by atoms with E-state index in [0.29, 0.717) is 6.54 Å². The van der Waals surface area contributed by atoms with Crippen molar-refractivity contribution in [3.63, 3.8) is 0 Å². The van der Waals surface area contributed by atoms with Crippen molar-refractivity contribution in [1.82, 2.24) is 10.3 Å². The molecular weight excluding hydrogens is 234 g/mol. The third-order valence-electron chi connectivity index (χ3n) is 2.66. The lowest BCUT2D eigenvalue weighted by Crippen LogP contribution is -2.36. The van der Waals surface area contributed by atoms with Crippen molar-refractivity contribution in [2.24, 2.45) is 11.7 Å². The molecule has 0 bridgehead atoms. The molecule has 0 spiro atoms. The highest BCUT2D eigenvalue weighted by atomic mass is 32.1. The highest BCUT2D eigenvalue weighted by molar-refractivity contribution is 7.09. The van der Waals surface area contributed by atoms with E-state index in [4.69, 9.17) is 5.73 Å². The van der Waals surface area contributed by atoms with Crippen LogP contribution in [0.5, 0.6) is 0 Å². The minimum absolute atomic E-state index is 0.0351. The fourth-order valence-corrected chi connectivity index (χ4v) is 2.47. The number of carbonyl (C=O) groups excluding carboxylic acids is 1. The summed E-state index contributed by atoms with van der Waals surface area (Å²) in [4.78, 5) is 16.3. The Morgan fingerprint density at radius 3 is 2.82 bits per heavy atom. The zero-order valence-electron chi connectivity index (χ0n) is 10.7. The molecule has 3 N–H and O–H groups in total. The molecule has 0 aliphatic heterocycles. The van der Waals surface area contributed by atoms with E-state index in [1.165, 1.54) is 0 Å². The second-order valence-corrected chi connectivity index (χ2v) is 5.17. The van der Waals surface area contributed by atoms with Gasteiger partial charge in [-0.2, -0.15) is 0 Å². The van der Waals surface area contributed by atoms with Gasteiger partial charge >= 0.3 is 0 Å². The first-order valence-corrected chi connectivity index (χ1v) is 6.88. The lowest BCUT2D eigenvalue weighted by molar-refractivity contribution is -0.125. The van der Waals surface area contributed by atoms with Crippen LogP contribution in [-0.2, 0) is 4.79 Å². The number of amides is 1. The number of carbonyl (C=O) groups is 1. The van der Waals surface area contributed by atoms with Gasteiger partial charge in [-0.1, -0.05) is 13.3 Å². The number of nitrogens with one attached hydrogen (secondary N) is 1. The second kappa shape index (κ2) is 6.71. The molecule has 0 saturated heterocycles. The topological polar surface area (TPSA) is 68.0 Å². The normalized spacial score (nSPS) is 14.4. The van der Waals surface area contributed by atoms with E-state index < -0.39 is 0 Å². The fraction of sp³-hybridized carbons (Fsp3) is 0.667. The Morgan fingerprint density at radius 2 is 2.35 bits per heavy atom. The number of hydrogen-bond acceptors (Lipinski definition) is 4. The van der Waals surface area contributed by atoms with Crippen LogP contribution in [0.15, 0.2) is 5.38 Å². The summed E-state index contributed by atoms with van der Waals surface area (Å²) in [5.41, 5.74) is 6.60. The third kappa shape index (κ3) is 4.09. The maximum Gasteiger partial charge on any atom is 0.224 e. The summed E-state index contributed by atoms with van der Waals surface area (Å²) in [5, 5.41) is 5.91. The molecule has 1 aromatic rings. The summed E-state index contributed by atoms with van der Waals surface area (Å²) in [5.74, 6) is -0.0433. The largest absolute Gasteiger partial charge is 0.347 e. The summed E-state index contributed by atoms with van der Waals surface area (Å²) in [7, 11) is 0. The molecule has 1 amide bonds. The summed E-state index contributed by atoms with van der Waals surface area (Å²) >= 11 is 1.58.